The number of nitrogens with one attached hydrogen (secondary N) is 1. The second-order valence-corrected chi connectivity index (χ2v) is 7.39. The third-order valence-corrected chi connectivity index (χ3v) is 5.19. The van der Waals surface area contributed by atoms with Crippen molar-refractivity contribution in [3.8, 4) is 5.75 Å². The molecular formula is C19H13BrN4O2S. The lowest BCUT2D eigenvalue weighted by Gasteiger charge is -2.20. The summed E-state index contributed by atoms with van der Waals surface area (Å²) < 4.78 is 6.60. The summed E-state index contributed by atoms with van der Waals surface area (Å²) in [5, 5.41) is 14.0. The Kier molecular flexibility index (Phi) is 4.91. The molecule has 0 saturated heterocycles. The first-order valence-electron chi connectivity index (χ1n) is 8.01. The number of fused-ring (bicyclic) bond motifs is 1. The highest BCUT2D eigenvalue weighted by Crippen LogP contribution is 2.29. The second kappa shape index (κ2) is 7.50. The average Bonchev–Trinajstić information content (AvgIpc) is 3.14. The quantitative estimate of drug-likeness (QED) is 0.719. The number of amidine groups is 2. The minimum Gasteiger partial charge on any atom is -0.488 e. The highest BCUT2D eigenvalue weighted by Gasteiger charge is 2.32. The van der Waals surface area contributed by atoms with E-state index in [0.717, 1.165) is 15.6 Å². The molecule has 2 aliphatic heterocycles. The van der Waals surface area contributed by atoms with Gasteiger partial charge in [0.05, 0.1) is 15.6 Å². The van der Waals surface area contributed by atoms with E-state index < -0.39 is 5.91 Å². The maximum atomic E-state index is 12.2. The predicted molar refractivity (Wildman–Crippen MR) is 111 cm³/mol. The molecule has 8 heteroatoms. The van der Waals surface area contributed by atoms with Gasteiger partial charge in [0.1, 0.15) is 12.4 Å². The summed E-state index contributed by atoms with van der Waals surface area (Å²) in [4.78, 5) is 16.2. The number of halogens is 1. The van der Waals surface area contributed by atoms with Gasteiger partial charge in [0.25, 0.3) is 5.91 Å². The number of ether oxygens (including phenoxy) is 1. The molecule has 0 fully saturated rings. The van der Waals surface area contributed by atoms with E-state index in [2.05, 4.69) is 26.0 Å². The lowest BCUT2D eigenvalue weighted by molar-refractivity contribution is -0.114. The molecule has 4 rings (SSSR count). The smallest absolute Gasteiger partial charge is 0.283 e. The van der Waals surface area contributed by atoms with Crippen LogP contribution in [0.4, 0.5) is 0 Å². The third-order valence-electron chi connectivity index (χ3n) is 3.90. The van der Waals surface area contributed by atoms with Gasteiger partial charge < -0.3 is 4.74 Å². The molecule has 0 bridgehead atoms. The molecule has 0 saturated carbocycles. The van der Waals surface area contributed by atoms with Crippen LogP contribution in [-0.4, -0.2) is 27.5 Å². The van der Waals surface area contributed by atoms with Gasteiger partial charge in [0, 0.05) is 0 Å². The lowest BCUT2D eigenvalue weighted by atomic mass is 10.1. The Labute approximate surface area is 168 Å². The van der Waals surface area contributed by atoms with Crippen LogP contribution in [0.5, 0.6) is 5.75 Å². The Morgan fingerprint density at radius 1 is 1.22 bits per heavy atom. The van der Waals surface area contributed by atoms with E-state index in [9.17, 15) is 4.79 Å². The fraction of sp³-hybridized carbons (Fsp3) is 0.0526. The summed E-state index contributed by atoms with van der Waals surface area (Å²) in [5.41, 5.74) is 3.59. The summed E-state index contributed by atoms with van der Waals surface area (Å²) in [6.45, 7) is 0.463. The van der Waals surface area contributed by atoms with Crippen molar-refractivity contribution in [2.24, 2.45) is 10.1 Å². The summed E-state index contributed by atoms with van der Waals surface area (Å²) in [7, 11) is 0. The van der Waals surface area contributed by atoms with Gasteiger partial charge in [-0.25, -0.2) is 0 Å². The molecule has 0 aromatic heterocycles. The predicted octanol–water partition coefficient (Wildman–Crippen LogP) is 4.28. The zero-order valence-electron chi connectivity index (χ0n) is 13.9. The van der Waals surface area contributed by atoms with E-state index in [0.29, 0.717) is 17.5 Å². The van der Waals surface area contributed by atoms with Crippen molar-refractivity contribution >= 4 is 56.2 Å². The standard InChI is InChI=1S/C19H13BrN4O2S/c20-15-9-13(6-7-16(15)26-10-12-4-2-1-3-5-12)8-14-17(21)24-19(23-18(14)25)27-11-22-24/h1-9,11,21H,10H2/b14-8-,21-17?. The van der Waals surface area contributed by atoms with E-state index in [-0.39, 0.29) is 11.4 Å². The maximum Gasteiger partial charge on any atom is 0.283 e. The number of carbonyl (C=O) groups excluding carboxylic acids is 1. The second-order valence-electron chi connectivity index (χ2n) is 5.72. The van der Waals surface area contributed by atoms with Gasteiger partial charge in [-0.05, 0) is 57.0 Å². The zero-order chi connectivity index (χ0) is 18.8. The molecular weight excluding hydrogens is 428 g/mol. The Hall–Kier alpha value is -2.71. The van der Waals surface area contributed by atoms with E-state index >= 15 is 0 Å². The molecule has 6 nitrogen and oxygen atoms in total. The molecule has 0 spiro atoms. The van der Waals surface area contributed by atoms with Crippen molar-refractivity contribution < 1.29 is 9.53 Å². The van der Waals surface area contributed by atoms with E-state index in [1.165, 1.54) is 16.8 Å². The molecule has 0 aliphatic carbocycles. The van der Waals surface area contributed by atoms with Gasteiger partial charge in [-0.2, -0.15) is 15.1 Å². The van der Waals surface area contributed by atoms with Gasteiger partial charge in [0.2, 0.25) is 0 Å². The number of hydrogen-bond donors (Lipinski definition) is 1. The summed E-state index contributed by atoms with van der Waals surface area (Å²) in [5.74, 6) is 0.281. The lowest BCUT2D eigenvalue weighted by Crippen LogP contribution is -2.35. The number of rotatable bonds is 4. The topological polar surface area (TPSA) is 78.1 Å². The first-order valence-corrected chi connectivity index (χ1v) is 9.68. The fourth-order valence-electron chi connectivity index (χ4n) is 2.56. The van der Waals surface area contributed by atoms with Crippen LogP contribution in [0, 0.1) is 5.41 Å². The molecule has 0 atom stereocenters. The first kappa shape index (κ1) is 17.7. The minimum absolute atomic E-state index is 0.0202. The van der Waals surface area contributed by atoms with E-state index in [4.69, 9.17) is 10.1 Å². The van der Waals surface area contributed by atoms with Crippen LogP contribution < -0.4 is 4.74 Å². The van der Waals surface area contributed by atoms with Crippen molar-refractivity contribution in [3.63, 3.8) is 0 Å². The highest BCUT2D eigenvalue weighted by atomic mass is 79.9. The van der Waals surface area contributed by atoms with Crippen LogP contribution in [0.15, 0.2) is 68.7 Å². The fourth-order valence-corrected chi connectivity index (χ4v) is 3.68. The molecule has 0 radical (unpaired) electrons. The van der Waals surface area contributed by atoms with Crippen LogP contribution >= 0.6 is 27.7 Å². The van der Waals surface area contributed by atoms with Crippen LogP contribution in [0.2, 0.25) is 0 Å². The van der Waals surface area contributed by atoms with Crippen molar-refractivity contribution in [3.05, 3.63) is 69.7 Å². The molecule has 134 valence electrons. The number of hydrazone groups is 1. The largest absolute Gasteiger partial charge is 0.488 e. The van der Waals surface area contributed by atoms with E-state index in [1.807, 2.05) is 48.5 Å². The van der Waals surface area contributed by atoms with Crippen molar-refractivity contribution in [2.75, 3.05) is 0 Å². The molecule has 2 aromatic rings. The van der Waals surface area contributed by atoms with Gasteiger partial charge in [-0.15, -0.1) is 0 Å². The van der Waals surface area contributed by atoms with Crippen LogP contribution in [0.25, 0.3) is 6.08 Å². The number of nitrogens with zero attached hydrogens (tertiary/aromatic N) is 3. The molecule has 0 unspecified atom stereocenters. The maximum absolute atomic E-state index is 12.2. The number of amides is 1. The molecule has 2 heterocycles. The number of benzene rings is 2. The minimum atomic E-state index is -0.440. The average molecular weight is 441 g/mol. The zero-order valence-corrected chi connectivity index (χ0v) is 16.3. The van der Waals surface area contributed by atoms with Crippen molar-refractivity contribution in [1.29, 1.82) is 5.41 Å². The van der Waals surface area contributed by atoms with Crippen LogP contribution in [0.1, 0.15) is 11.1 Å². The number of hydrogen-bond acceptors (Lipinski definition) is 5. The third kappa shape index (κ3) is 3.72. The molecule has 2 aromatic carbocycles. The Balaban J connectivity index is 1.54. The number of aliphatic imine (C=N–C) groups is 1. The SMILES string of the molecule is N=C1/C(=C/c2ccc(OCc3ccccc3)c(Br)c2)C(=O)N=C2SC=NN12. The Bertz CT molecular complexity index is 1020. The summed E-state index contributed by atoms with van der Waals surface area (Å²) in [6.07, 6.45) is 1.63. The van der Waals surface area contributed by atoms with E-state index in [1.54, 1.807) is 11.6 Å². The van der Waals surface area contributed by atoms with Gasteiger partial charge in [-0.1, -0.05) is 36.4 Å². The summed E-state index contributed by atoms with van der Waals surface area (Å²) in [6, 6.07) is 15.4. The van der Waals surface area contributed by atoms with Crippen LogP contribution in [-0.2, 0) is 11.4 Å². The highest BCUT2D eigenvalue weighted by molar-refractivity contribution is 9.10. The van der Waals surface area contributed by atoms with Crippen LogP contribution in [0.3, 0.4) is 0 Å². The number of thioether (sulfide) groups is 1. The molecule has 1 N–H and O–H groups in total. The molecule has 2 aliphatic rings. The van der Waals surface area contributed by atoms with Crippen molar-refractivity contribution in [2.45, 2.75) is 6.61 Å². The van der Waals surface area contributed by atoms with Gasteiger partial charge >= 0.3 is 0 Å². The van der Waals surface area contributed by atoms with Crippen molar-refractivity contribution in [1.82, 2.24) is 5.01 Å². The van der Waals surface area contributed by atoms with Gasteiger partial charge in [-0.3, -0.25) is 10.2 Å². The Morgan fingerprint density at radius 2 is 2.04 bits per heavy atom. The monoisotopic (exact) mass is 440 g/mol. The Morgan fingerprint density at radius 3 is 2.81 bits per heavy atom. The normalized spacial score (nSPS) is 17.3. The van der Waals surface area contributed by atoms with Gasteiger partial charge in [0.15, 0.2) is 11.0 Å². The molecule has 27 heavy (non-hydrogen) atoms. The molecule has 1 amide bonds. The first-order chi connectivity index (χ1) is 13.1. The number of carbonyl (C=O) groups is 1. The summed E-state index contributed by atoms with van der Waals surface area (Å²) >= 11 is 4.72.